The zero-order chi connectivity index (χ0) is 17.7. The number of nitrogens with zero attached hydrogens (tertiary/aromatic N) is 1. The number of amides is 1. The minimum absolute atomic E-state index is 0.119. The van der Waals surface area contributed by atoms with Crippen LogP contribution in [0.5, 0.6) is 0 Å². The highest BCUT2D eigenvalue weighted by Crippen LogP contribution is 2.22. The lowest BCUT2D eigenvalue weighted by Gasteiger charge is -2.34. The molecular weight excluding hydrogens is 324 g/mol. The summed E-state index contributed by atoms with van der Waals surface area (Å²) in [6.45, 7) is 7.48. The predicted molar refractivity (Wildman–Crippen MR) is 97.0 cm³/mol. The van der Waals surface area contributed by atoms with Gasteiger partial charge in [0.05, 0.1) is 10.6 Å². The molecule has 5 nitrogen and oxygen atoms in total. The highest BCUT2D eigenvalue weighted by atomic mass is 32.2. The predicted octanol–water partition coefficient (Wildman–Crippen LogP) is 2.61. The number of benzene rings is 1. The maximum absolute atomic E-state index is 11.9. The third kappa shape index (κ3) is 4.97. The number of piperidine rings is 1. The van der Waals surface area contributed by atoms with Crippen LogP contribution < -0.4 is 10.2 Å². The SMILES string of the molecule is CCS(=O)(=O)c1ccc(N2CCC(NC(=O)CC(C)C)CC2)cc1. The van der Waals surface area contributed by atoms with Crippen LogP contribution in [0.2, 0.25) is 0 Å². The molecule has 1 saturated heterocycles. The van der Waals surface area contributed by atoms with E-state index in [9.17, 15) is 13.2 Å². The van der Waals surface area contributed by atoms with Crippen LogP contribution in [0.4, 0.5) is 5.69 Å². The van der Waals surface area contributed by atoms with Crippen molar-refractivity contribution in [3.05, 3.63) is 24.3 Å². The van der Waals surface area contributed by atoms with E-state index in [1.807, 2.05) is 26.0 Å². The van der Waals surface area contributed by atoms with E-state index in [4.69, 9.17) is 0 Å². The van der Waals surface area contributed by atoms with Crippen molar-refractivity contribution in [1.82, 2.24) is 5.32 Å². The lowest BCUT2D eigenvalue weighted by Crippen LogP contribution is -2.44. The molecule has 0 aliphatic carbocycles. The second-order valence-electron chi connectivity index (χ2n) is 6.82. The Kier molecular flexibility index (Phi) is 6.27. The second kappa shape index (κ2) is 8.01. The van der Waals surface area contributed by atoms with E-state index in [2.05, 4.69) is 10.2 Å². The van der Waals surface area contributed by atoms with Gasteiger partial charge in [-0.2, -0.15) is 0 Å². The van der Waals surface area contributed by atoms with Crippen molar-refractivity contribution in [3.8, 4) is 0 Å². The maximum Gasteiger partial charge on any atom is 0.220 e. The molecule has 1 aromatic carbocycles. The topological polar surface area (TPSA) is 66.5 Å². The fourth-order valence-electron chi connectivity index (χ4n) is 2.97. The van der Waals surface area contributed by atoms with E-state index in [0.29, 0.717) is 17.2 Å². The number of hydrogen-bond donors (Lipinski definition) is 1. The molecule has 0 atom stereocenters. The van der Waals surface area contributed by atoms with E-state index >= 15 is 0 Å². The Morgan fingerprint density at radius 1 is 1.21 bits per heavy atom. The lowest BCUT2D eigenvalue weighted by atomic mass is 10.0. The van der Waals surface area contributed by atoms with Crippen LogP contribution in [-0.2, 0) is 14.6 Å². The maximum atomic E-state index is 11.9. The van der Waals surface area contributed by atoms with Crippen LogP contribution in [0.25, 0.3) is 0 Å². The molecule has 0 bridgehead atoms. The van der Waals surface area contributed by atoms with E-state index in [1.54, 1.807) is 19.1 Å². The van der Waals surface area contributed by atoms with Gasteiger partial charge in [0.25, 0.3) is 0 Å². The number of carbonyl (C=O) groups excluding carboxylic acids is 1. The van der Waals surface area contributed by atoms with Gasteiger partial charge in [0, 0.05) is 31.2 Å². The molecule has 1 heterocycles. The minimum atomic E-state index is -3.14. The Morgan fingerprint density at radius 2 is 1.79 bits per heavy atom. The Labute approximate surface area is 145 Å². The molecule has 1 aliphatic heterocycles. The van der Waals surface area contributed by atoms with Gasteiger partial charge in [-0.25, -0.2) is 8.42 Å². The summed E-state index contributed by atoms with van der Waals surface area (Å²) >= 11 is 0. The largest absolute Gasteiger partial charge is 0.371 e. The van der Waals surface area contributed by atoms with Crippen molar-refractivity contribution < 1.29 is 13.2 Å². The summed E-state index contributed by atoms with van der Waals surface area (Å²) in [5.74, 6) is 0.633. The van der Waals surface area contributed by atoms with Gasteiger partial charge in [0.1, 0.15) is 0 Å². The summed E-state index contributed by atoms with van der Waals surface area (Å²) < 4.78 is 23.7. The Balaban J connectivity index is 1.89. The first-order chi connectivity index (χ1) is 11.3. The monoisotopic (exact) mass is 352 g/mol. The summed E-state index contributed by atoms with van der Waals surface area (Å²) in [4.78, 5) is 14.5. The van der Waals surface area contributed by atoms with Crippen molar-refractivity contribution in [3.63, 3.8) is 0 Å². The second-order valence-corrected chi connectivity index (χ2v) is 9.10. The Morgan fingerprint density at radius 3 is 2.29 bits per heavy atom. The van der Waals surface area contributed by atoms with Crippen molar-refractivity contribution in [1.29, 1.82) is 0 Å². The summed E-state index contributed by atoms with van der Waals surface area (Å²) in [5, 5.41) is 3.11. The molecule has 0 spiro atoms. The normalized spacial score (nSPS) is 16.4. The van der Waals surface area contributed by atoms with Gasteiger partial charge >= 0.3 is 0 Å². The van der Waals surface area contributed by atoms with Crippen LogP contribution in [0.1, 0.15) is 40.0 Å². The first-order valence-corrected chi connectivity index (χ1v) is 10.3. The van der Waals surface area contributed by atoms with Crippen LogP contribution in [-0.4, -0.2) is 39.2 Å². The molecule has 0 radical (unpaired) electrons. The van der Waals surface area contributed by atoms with E-state index < -0.39 is 9.84 Å². The summed E-state index contributed by atoms with van der Waals surface area (Å²) in [5.41, 5.74) is 1.04. The number of sulfone groups is 1. The first kappa shape index (κ1) is 18.8. The van der Waals surface area contributed by atoms with Gasteiger partial charge in [0.15, 0.2) is 9.84 Å². The standard InChI is InChI=1S/C18H28N2O3S/c1-4-24(22,23)17-7-5-16(6-8-17)20-11-9-15(10-12-20)19-18(21)13-14(2)3/h5-8,14-15H,4,9-13H2,1-3H3,(H,19,21). The van der Waals surface area contributed by atoms with E-state index in [1.165, 1.54) is 0 Å². The molecule has 1 aromatic rings. The highest BCUT2D eigenvalue weighted by Gasteiger charge is 2.21. The zero-order valence-electron chi connectivity index (χ0n) is 14.8. The number of carbonyl (C=O) groups is 1. The minimum Gasteiger partial charge on any atom is -0.371 e. The van der Waals surface area contributed by atoms with Gasteiger partial charge in [-0.05, 0) is 43.0 Å². The first-order valence-electron chi connectivity index (χ1n) is 8.69. The molecule has 134 valence electrons. The molecule has 1 N–H and O–H groups in total. The molecule has 0 aromatic heterocycles. The Hall–Kier alpha value is -1.56. The molecule has 0 unspecified atom stereocenters. The highest BCUT2D eigenvalue weighted by molar-refractivity contribution is 7.91. The number of anilines is 1. The van der Waals surface area contributed by atoms with Crippen molar-refractivity contribution >= 4 is 21.4 Å². The number of nitrogens with one attached hydrogen (secondary N) is 1. The van der Waals surface area contributed by atoms with Crippen LogP contribution in [0.15, 0.2) is 29.2 Å². The van der Waals surface area contributed by atoms with Crippen molar-refractivity contribution in [2.24, 2.45) is 5.92 Å². The summed E-state index contributed by atoms with van der Waals surface area (Å²) in [6, 6.07) is 7.36. The quantitative estimate of drug-likeness (QED) is 0.855. The fraction of sp³-hybridized carbons (Fsp3) is 0.611. The van der Waals surface area contributed by atoms with Gasteiger partial charge in [-0.1, -0.05) is 20.8 Å². The third-order valence-corrected chi connectivity index (χ3v) is 6.15. The smallest absolute Gasteiger partial charge is 0.220 e. The lowest BCUT2D eigenvalue weighted by molar-refractivity contribution is -0.122. The molecule has 24 heavy (non-hydrogen) atoms. The molecular formula is C18H28N2O3S. The van der Waals surface area contributed by atoms with Gasteiger partial charge < -0.3 is 10.2 Å². The van der Waals surface area contributed by atoms with Gasteiger partial charge in [0.2, 0.25) is 5.91 Å². The molecule has 1 aliphatic rings. The third-order valence-electron chi connectivity index (χ3n) is 4.39. The fourth-order valence-corrected chi connectivity index (χ4v) is 3.85. The molecule has 2 rings (SSSR count). The summed E-state index contributed by atoms with van der Waals surface area (Å²) in [7, 11) is -3.14. The number of hydrogen-bond acceptors (Lipinski definition) is 4. The van der Waals surface area contributed by atoms with Gasteiger partial charge in [-0.3, -0.25) is 4.79 Å². The van der Waals surface area contributed by atoms with Gasteiger partial charge in [-0.15, -0.1) is 0 Å². The molecule has 0 saturated carbocycles. The Bertz CT molecular complexity index is 645. The zero-order valence-corrected chi connectivity index (χ0v) is 15.6. The van der Waals surface area contributed by atoms with Crippen LogP contribution in [0, 0.1) is 5.92 Å². The van der Waals surface area contributed by atoms with Crippen LogP contribution in [0.3, 0.4) is 0 Å². The molecule has 1 amide bonds. The number of rotatable bonds is 6. The molecule has 6 heteroatoms. The van der Waals surface area contributed by atoms with E-state index in [0.717, 1.165) is 31.6 Å². The van der Waals surface area contributed by atoms with Crippen LogP contribution >= 0.6 is 0 Å². The van der Waals surface area contributed by atoms with E-state index in [-0.39, 0.29) is 17.7 Å². The summed E-state index contributed by atoms with van der Waals surface area (Å²) in [6.07, 6.45) is 2.41. The van der Waals surface area contributed by atoms with Crippen molar-refractivity contribution in [2.75, 3.05) is 23.7 Å². The average Bonchev–Trinajstić information content (AvgIpc) is 2.55. The average molecular weight is 353 g/mol. The van der Waals surface area contributed by atoms with Crippen molar-refractivity contribution in [2.45, 2.75) is 51.0 Å². The molecule has 1 fully saturated rings.